The number of morpholine rings is 1. The van der Waals surface area contributed by atoms with Crippen LogP contribution in [0.5, 0.6) is 0 Å². The Labute approximate surface area is 179 Å². The Bertz CT molecular complexity index is 1050. The number of hydrogen-bond donors (Lipinski definition) is 0. The van der Waals surface area contributed by atoms with Crippen LogP contribution in [0, 0.1) is 13.8 Å². The van der Waals surface area contributed by atoms with Gasteiger partial charge in [-0.3, -0.25) is 14.6 Å². The van der Waals surface area contributed by atoms with Gasteiger partial charge in [0.15, 0.2) is 5.13 Å². The molecule has 0 unspecified atom stereocenters. The highest BCUT2D eigenvalue weighted by Gasteiger charge is 2.29. The number of carbonyl (C=O) groups is 1. The van der Waals surface area contributed by atoms with E-state index in [1.165, 1.54) is 11.1 Å². The molecule has 8 nitrogen and oxygen atoms in total. The monoisotopic (exact) mass is 426 g/mol. The Hall–Kier alpha value is -2.36. The largest absolute Gasteiger partial charge is 0.379 e. The second-order valence-corrected chi connectivity index (χ2v) is 9.02. The summed E-state index contributed by atoms with van der Waals surface area (Å²) in [5.74, 6) is 1.22. The average molecular weight is 427 g/mol. The molecule has 9 heteroatoms. The molecule has 5 rings (SSSR count). The molecular formula is C21H26N6O2S. The summed E-state index contributed by atoms with van der Waals surface area (Å²) in [7, 11) is 0. The van der Waals surface area contributed by atoms with Crippen LogP contribution in [0.2, 0.25) is 0 Å². The standard InChI is InChI=1S/C21H26N6O2S/c1-14-12-16-17(13-15(14)2)30-21(22-16)27(7-6-25-8-10-29-11-9-25)20(28)19-24-23-18-4-3-5-26(18)19/h12-13H,3-11H2,1-2H3. The molecule has 4 heterocycles. The van der Waals surface area contributed by atoms with E-state index in [4.69, 9.17) is 9.72 Å². The summed E-state index contributed by atoms with van der Waals surface area (Å²) in [6, 6.07) is 4.26. The van der Waals surface area contributed by atoms with Crippen LogP contribution in [0.15, 0.2) is 12.1 Å². The summed E-state index contributed by atoms with van der Waals surface area (Å²) in [5, 5.41) is 9.18. The summed E-state index contributed by atoms with van der Waals surface area (Å²) >= 11 is 1.57. The number of carbonyl (C=O) groups excluding carboxylic acids is 1. The molecule has 0 bridgehead atoms. The third-order valence-corrected chi connectivity index (χ3v) is 7.05. The van der Waals surface area contributed by atoms with Gasteiger partial charge in [-0.1, -0.05) is 11.3 Å². The lowest BCUT2D eigenvalue weighted by Crippen LogP contribution is -2.43. The van der Waals surface area contributed by atoms with Crippen LogP contribution < -0.4 is 4.90 Å². The highest BCUT2D eigenvalue weighted by molar-refractivity contribution is 7.22. The molecule has 1 fully saturated rings. The van der Waals surface area contributed by atoms with Crippen LogP contribution in [-0.4, -0.2) is 69.9 Å². The molecule has 0 atom stereocenters. The lowest BCUT2D eigenvalue weighted by molar-refractivity contribution is 0.0390. The number of nitrogens with zero attached hydrogens (tertiary/aromatic N) is 6. The zero-order chi connectivity index (χ0) is 20.7. The topological polar surface area (TPSA) is 76.4 Å². The van der Waals surface area contributed by atoms with Crippen molar-refractivity contribution in [2.75, 3.05) is 44.3 Å². The number of amides is 1. The van der Waals surface area contributed by atoms with Gasteiger partial charge in [0, 0.05) is 39.1 Å². The summed E-state index contributed by atoms with van der Waals surface area (Å²) in [6.45, 7) is 9.61. The molecule has 1 saturated heterocycles. The number of thiazole rings is 1. The third-order valence-electron chi connectivity index (χ3n) is 6.01. The molecule has 0 N–H and O–H groups in total. The van der Waals surface area contributed by atoms with Crippen LogP contribution >= 0.6 is 11.3 Å². The Morgan fingerprint density at radius 1 is 1.17 bits per heavy atom. The van der Waals surface area contributed by atoms with E-state index in [2.05, 4.69) is 41.1 Å². The zero-order valence-corrected chi connectivity index (χ0v) is 18.2. The van der Waals surface area contributed by atoms with Crippen molar-refractivity contribution >= 4 is 32.6 Å². The summed E-state index contributed by atoms with van der Waals surface area (Å²) in [4.78, 5) is 22.5. The fraction of sp³-hybridized carbons (Fsp3) is 0.524. The molecule has 0 aliphatic carbocycles. The SMILES string of the molecule is Cc1cc2nc(N(CCN3CCOCC3)C(=O)c3nnc4n3CCC4)sc2cc1C. The molecule has 0 spiro atoms. The molecule has 2 aliphatic heterocycles. The Kier molecular flexibility index (Phi) is 5.26. The number of ether oxygens (including phenoxy) is 1. The van der Waals surface area contributed by atoms with E-state index >= 15 is 0 Å². The Balaban J connectivity index is 1.47. The number of aryl methyl sites for hydroxylation is 3. The fourth-order valence-corrected chi connectivity index (χ4v) is 5.13. The predicted octanol–water partition coefficient (Wildman–Crippen LogP) is 2.43. The van der Waals surface area contributed by atoms with E-state index in [0.29, 0.717) is 12.4 Å². The molecule has 1 aromatic carbocycles. The molecular weight excluding hydrogens is 400 g/mol. The van der Waals surface area contributed by atoms with Crippen molar-refractivity contribution in [3.8, 4) is 0 Å². The second kappa shape index (κ2) is 8.05. The zero-order valence-electron chi connectivity index (χ0n) is 17.4. The minimum atomic E-state index is -0.114. The van der Waals surface area contributed by atoms with Gasteiger partial charge in [0.2, 0.25) is 5.82 Å². The van der Waals surface area contributed by atoms with Gasteiger partial charge in [0.05, 0.1) is 23.4 Å². The molecule has 0 radical (unpaired) electrons. The molecule has 1 amide bonds. The first-order chi connectivity index (χ1) is 14.6. The first kappa shape index (κ1) is 19.6. The van der Waals surface area contributed by atoms with Crippen molar-refractivity contribution in [3.05, 3.63) is 34.9 Å². The normalized spacial score (nSPS) is 16.9. The number of hydrogen-bond acceptors (Lipinski definition) is 7. The number of fused-ring (bicyclic) bond motifs is 2. The van der Waals surface area contributed by atoms with E-state index in [0.717, 1.165) is 73.4 Å². The summed E-state index contributed by atoms with van der Waals surface area (Å²) in [6.07, 6.45) is 1.90. The smallest absolute Gasteiger partial charge is 0.298 e. The number of aromatic nitrogens is 4. The van der Waals surface area contributed by atoms with Gasteiger partial charge < -0.3 is 9.30 Å². The maximum atomic E-state index is 13.6. The molecule has 3 aromatic rings. The van der Waals surface area contributed by atoms with Gasteiger partial charge in [-0.05, 0) is 43.5 Å². The van der Waals surface area contributed by atoms with Crippen LogP contribution in [0.4, 0.5) is 5.13 Å². The van der Waals surface area contributed by atoms with Gasteiger partial charge >= 0.3 is 0 Å². The van der Waals surface area contributed by atoms with E-state index in [1.54, 1.807) is 16.2 Å². The maximum Gasteiger partial charge on any atom is 0.298 e. The fourth-order valence-electron chi connectivity index (χ4n) is 4.06. The van der Waals surface area contributed by atoms with Crippen molar-refractivity contribution in [2.24, 2.45) is 0 Å². The minimum Gasteiger partial charge on any atom is -0.379 e. The maximum absolute atomic E-state index is 13.6. The molecule has 0 saturated carbocycles. The lowest BCUT2D eigenvalue weighted by Gasteiger charge is -2.29. The third kappa shape index (κ3) is 3.61. The molecule has 158 valence electrons. The number of anilines is 1. The van der Waals surface area contributed by atoms with Gasteiger partial charge in [-0.15, -0.1) is 10.2 Å². The first-order valence-corrected chi connectivity index (χ1v) is 11.3. The van der Waals surface area contributed by atoms with E-state index < -0.39 is 0 Å². The predicted molar refractivity (Wildman–Crippen MR) is 116 cm³/mol. The van der Waals surface area contributed by atoms with Crippen molar-refractivity contribution in [2.45, 2.75) is 33.2 Å². The average Bonchev–Trinajstić information content (AvgIpc) is 3.45. The molecule has 2 aromatic heterocycles. The molecule has 30 heavy (non-hydrogen) atoms. The summed E-state index contributed by atoms with van der Waals surface area (Å²) < 4.78 is 8.52. The molecule has 2 aliphatic rings. The van der Waals surface area contributed by atoms with Crippen LogP contribution in [0.3, 0.4) is 0 Å². The van der Waals surface area contributed by atoms with Crippen molar-refractivity contribution in [3.63, 3.8) is 0 Å². The van der Waals surface area contributed by atoms with E-state index in [1.807, 2.05) is 4.57 Å². The number of benzene rings is 1. The Morgan fingerprint density at radius 3 is 2.80 bits per heavy atom. The van der Waals surface area contributed by atoms with E-state index in [-0.39, 0.29) is 5.91 Å². The van der Waals surface area contributed by atoms with Crippen molar-refractivity contribution in [1.82, 2.24) is 24.6 Å². The van der Waals surface area contributed by atoms with Crippen molar-refractivity contribution < 1.29 is 9.53 Å². The highest BCUT2D eigenvalue weighted by atomic mass is 32.1. The lowest BCUT2D eigenvalue weighted by atomic mass is 10.1. The second-order valence-electron chi connectivity index (χ2n) is 8.01. The summed E-state index contributed by atoms with van der Waals surface area (Å²) in [5.41, 5.74) is 3.38. The van der Waals surface area contributed by atoms with Crippen LogP contribution in [0.1, 0.15) is 34.0 Å². The van der Waals surface area contributed by atoms with Crippen LogP contribution in [0.25, 0.3) is 10.2 Å². The first-order valence-electron chi connectivity index (χ1n) is 10.5. The van der Waals surface area contributed by atoms with Crippen molar-refractivity contribution in [1.29, 1.82) is 0 Å². The van der Waals surface area contributed by atoms with Gasteiger partial charge in [-0.25, -0.2) is 4.98 Å². The van der Waals surface area contributed by atoms with Gasteiger partial charge in [-0.2, -0.15) is 0 Å². The highest BCUT2D eigenvalue weighted by Crippen LogP contribution is 2.31. The van der Waals surface area contributed by atoms with E-state index in [9.17, 15) is 4.79 Å². The van der Waals surface area contributed by atoms with Gasteiger partial charge in [0.25, 0.3) is 5.91 Å². The minimum absolute atomic E-state index is 0.114. The van der Waals surface area contributed by atoms with Gasteiger partial charge in [0.1, 0.15) is 5.82 Å². The Morgan fingerprint density at radius 2 is 1.97 bits per heavy atom. The number of rotatable bonds is 5. The quantitative estimate of drug-likeness (QED) is 0.624. The van der Waals surface area contributed by atoms with Crippen LogP contribution in [-0.2, 0) is 17.7 Å².